The molecule has 0 spiro atoms. The number of carboxylic acid groups (broad SMARTS) is 1. The molecule has 0 saturated heterocycles. The van der Waals surface area contributed by atoms with Crippen molar-refractivity contribution in [2.24, 2.45) is 29.6 Å². The number of hydrogen-bond donors (Lipinski definition) is 1. The van der Waals surface area contributed by atoms with Gasteiger partial charge >= 0.3 is 5.97 Å². The van der Waals surface area contributed by atoms with Crippen LogP contribution in [0.3, 0.4) is 0 Å². The highest BCUT2D eigenvalue weighted by Gasteiger charge is 2.46. The van der Waals surface area contributed by atoms with Crippen molar-refractivity contribution in [2.45, 2.75) is 39.0 Å². The largest absolute Gasteiger partial charge is 0.478 e. The number of hydrogen-bond acceptors (Lipinski definition) is 1. The van der Waals surface area contributed by atoms with Gasteiger partial charge < -0.3 is 5.11 Å². The van der Waals surface area contributed by atoms with Gasteiger partial charge in [0.1, 0.15) is 0 Å². The minimum absolute atomic E-state index is 0.426. The van der Waals surface area contributed by atoms with Gasteiger partial charge in [0, 0.05) is 5.57 Å². The van der Waals surface area contributed by atoms with E-state index in [1.165, 1.54) is 32.1 Å². The highest BCUT2D eigenvalue weighted by molar-refractivity contribution is 5.86. The van der Waals surface area contributed by atoms with Crippen LogP contribution in [-0.2, 0) is 4.79 Å². The number of allylic oxidation sites excluding steroid dienone is 3. The fourth-order valence-corrected chi connectivity index (χ4v) is 4.68. The topological polar surface area (TPSA) is 37.3 Å². The Labute approximate surface area is 109 Å². The van der Waals surface area contributed by atoms with E-state index in [-0.39, 0.29) is 0 Å². The maximum Gasteiger partial charge on any atom is 0.331 e. The molecule has 0 aliphatic heterocycles. The van der Waals surface area contributed by atoms with Gasteiger partial charge in [0.05, 0.1) is 0 Å². The van der Waals surface area contributed by atoms with Crippen LogP contribution in [0, 0.1) is 29.6 Å². The molecule has 4 aliphatic carbocycles. The summed E-state index contributed by atoms with van der Waals surface area (Å²) in [4.78, 5) is 10.7. The Bertz CT molecular complexity index is 377. The lowest BCUT2D eigenvalue weighted by Gasteiger charge is -2.53. The normalized spacial score (nSPS) is 42.7. The lowest BCUT2D eigenvalue weighted by molar-refractivity contribution is -0.132. The zero-order valence-corrected chi connectivity index (χ0v) is 11.0. The monoisotopic (exact) mass is 246 g/mol. The van der Waals surface area contributed by atoms with Gasteiger partial charge in [0.15, 0.2) is 0 Å². The quantitative estimate of drug-likeness (QED) is 0.609. The summed E-state index contributed by atoms with van der Waals surface area (Å²) < 4.78 is 0. The summed E-state index contributed by atoms with van der Waals surface area (Å²) in [5, 5.41) is 8.82. The molecule has 4 aliphatic rings. The SMILES string of the molecule is C/C(=C\C=C\C1C2CC3CC(C2)CC1C3)C(=O)O. The van der Waals surface area contributed by atoms with Crippen LogP contribution in [0.15, 0.2) is 23.8 Å². The average molecular weight is 246 g/mol. The standard InChI is InChI=1S/C16H22O2/c1-10(16(17)18)3-2-4-15-13-6-11-5-12(8-13)9-14(15)7-11/h2-4,11-15H,5-9H2,1H3,(H,17,18)/b4-2+,10-3+. The molecule has 0 aromatic rings. The van der Waals surface area contributed by atoms with Crippen molar-refractivity contribution in [1.82, 2.24) is 0 Å². The van der Waals surface area contributed by atoms with Gasteiger partial charge in [-0.25, -0.2) is 4.79 Å². The van der Waals surface area contributed by atoms with Crippen LogP contribution < -0.4 is 0 Å². The van der Waals surface area contributed by atoms with Gasteiger partial charge in [-0.15, -0.1) is 0 Å². The van der Waals surface area contributed by atoms with Crippen LogP contribution in [0.5, 0.6) is 0 Å². The molecule has 0 heterocycles. The van der Waals surface area contributed by atoms with Gasteiger partial charge in [0.25, 0.3) is 0 Å². The summed E-state index contributed by atoms with van der Waals surface area (Å²) in [6.07, 6.45) is 13.2. The highest BCUT2D eigenvalue weighted by Crippen LogP contribution is 2.56. The lowest BCUT2D eigenvalue weighted by atomic mass is 9.52. The first-order chi connectivity index (χ1) is 8.63. The van der Waals surface area contributed by atoms with E-state index in [1.54, 1.807) is 13.0 Å². The minimum atomic E-state index is -0.815. The van der Waals surface area contributed by atoms with Crippen molar-refractivity contribution < 1.29 is 9.90 Å². The lowest BCUT2D eigenvalue weighted by Crippen LogP contribution is -2.44. The summed E-state index contributed by atoms with van der Waals surface area (Å²) in [5.41, 5.74) is 0.426. The Morgan fingerprint density at radius 3 is 2.11 bits per heavy atom. The predicted octanol–water partition coefficient (Wildman–Crippen LogP) is 3.65. The van der Waals surface area contributed by atoms with Crippen LogP contribution in [0.1, 0.15) is 39.0 Å². The smallest absolute Gasteiger partial charge is 0.331 e. The molecule has 98 valence electrons. The third kappa shape index (κ3) is 2.13. The molecule has 2 nitrogen and oxygen atoms in total. The van der Waals surface area contributed by atoms with E-state index in [4.69, 9.17) is 5.11 Å². The molecule has 0 unspecified atom stereocenters. The Morgan fingerprint density at radius 2 is 1.61 bits per heavy atom. The van der Waals surface area contributed by atoms with E-state index in [2.05, 4.69) is 6.08 Å². The predicted molar refractivity (Wildman–Crippen MR) is 71.1 cm³/mol. The fourth-order valence-electron chi connectivity index (χ4n) is 4.68. The van der Waals surface area contributed by atoms with E-state index in [1.807, 2.05) is 6.08 Å². The molecule has 0 aromatic heterocycles. The zero-order valence-electron chi connectivity index (χ0n) is 11.0. The molecular formula is C16H22O2. The summed E-state index contributed by atoms with van der Waals surface area (Å²) >= 11 is 0. The second-order valence-electron chi connectivity index (χ2n) is 6.55. The third-order valence-corrected chi connectivity index (χ3v) is 5.32. The fraction of sp³-hybridized carbons (Fsp3) is 0.688. The summed E-state index contributed by atoms with van der Waals surface area (Å²) in [5.74, 6) is 3.69. The first-order valence-corrected chi connectivity index (χ1v) is 7.22. The Morgan fingerprint density at radius 1 is 1.06 bits per heavy atom. The molecule has 0 atom stereocenters. The Kier molecular flexibility index (Phi) is 3.04. The molecule has 1 N–H and O–H groups in total. The number of carboxylic acids is 1. The molecule has 0 aromatic carbocycles. The molecule has 2 heteroatoms. The van der Waals surface area contributed by atoms with Crippen molar-refractivity contribution >= 4 is 5.97 Å². The maximum atomic E-state index is 10.7. The van der Waals surface area contributed by atoms with Crippen molar-refractivity contribution in [3.63, 3.8) is 0 Å². The second kappa shape index (κ2) is 4.56. The van der Waals surface area contributed by atoms with E-state index in [9.17, 15) is 4.79 Å². The molecule has 0 amide bonds. The van der Waals surface area contributed by atoms with Gasteiger partial charge in [0.2, 0.25) is 0 Å². The molecule has 4 fully saturated rings. The molecule has 4 saturated carbocycles. The van der Waals surface area contributed by atoms with Crippen molar-refractivity contribution in [1.29, 1.82) is 0 Å². The number of aliphatic carboxylic acids is 1. The average Bonchev–Trinajstić information content (AvgIpc) is 2.31. The molecule has 4 rings (SSSR count). The van der Waals surface area contributed by atoms with Crippen molar-refractivity contribution in [3.05, 3.63) is 23.8 Å². The highest BCUT2D eigenvalue weighted by atomic mass is 16.4. The minimum Gasteiger partial charge on any atom is -0.478 e. The van der Waals surface area contributed by atoms with Crippen molar-refractivity contribution in [3.8, 4) is 0 Å². The van der Waals surface area contributed by atoms with Gasteiger partial charge in [-0.3, -0.25) is 0 Å². The van der Waals surface area contributed by atoms with Gasteiger partial charge in [-0.2, -0.15) is 0 Å². The number of carbonyl (C=O) groups is 1. The van der Waals surface area contributed by atoms with E-state index in [0.29, 0.717) is 5.57 Å². The van der Waals surface area contributed by atoms with E-state index < -0.39 is 5.97 Å². The van der Waals surface area contributed by atoms with E-state index >= 15 is 0 Å². The van der Waals surface area contributed by atoms with E-state index in [0.717, 1.165) is 29.6 Å². The van der Waals surface area contributed by atoms with Crippen LogP contribution >= 0.6 is 0 Å². The second-order valence-corrected chi connectivity index (χ2v) is 6.55. The van der Waals surface area contributed by atoms with Crippen LogP contribution in [0.25, 0.3) is 0 Å². The molecule has 18 heavy (non-hydrogen) atoms. The first kappa shape index (κ1) is 12.0. The molecule has 4 bridgehead atoms. The van der Waals surface area contributed by atoms with Crippen LogP contribution in [0.2, 0.25) is 0 Å². The summed E-state index contributed by atoms with van der Waals surface area (Å²) in [6.45, 7) is 1.66. The van der Waals surface area contributed by atoms with Gasteiger partial charge in [-0.05, 0) is 68.6 Å². The molecular weight excluding hydrogens is 224 g/mol. The van der Waals surface area contributed by atoms with Gasteiger partial charge in [-0.1, -0.05) is 18.2 Å². The van der Waals surface area contributed by atoms with Crippen LogP contribution in [-0.4, -0.2) is 11.1 Å². The Balaban J connectivity index is 1.68. The van der Waals surface area contributed by atoms with Crippen LogP contribution in [0.4, 0.5) is 0 Å². The third-order valence-electron chi connectivity index (χ3n) is 5.32. The zero-order chi connectivity index (χ0) is 12.7. The Hall–Kier alpha value is -1.05. The summed E-state index contributed by atoms with van der Waals surface area (Å²) in [6, 6.07) is 0. The molecule has 0 radical (unpaired) electrons. The van der Waals surface area contributed by atoms with Crippen molar-refractivity contribution in [2.75, 3.05) is 0 Å². The number of rotatable bonds is 3. The maximum absolute atomic E-state index is 10.7. The first-order valence-electron chi connectivity index (χ1n) is 7.22. The summed E-state index contributed by atoms with van der Waals surface area (Å²) in [7, 11) is 0.